The quantitative estimate of drug-likeness (QED) is 0.876. The molecule has 5 heteroatoms. The molecule has 1 aromatic rings. The Hall–Kier alpha value is -1.91. The lowest BCUT2D eigenvalue weighted by Crippen LogP contribution is -2.35. The second kappa shape index (κ2) is 6.69. The molecule has 2 aliphatic rings. The molecule has 2 saturated carbocycles. The molecule has 124 valence electrons. The summed E-state index contributed by atoms with van der Waals surface area (Å²) in [5, 5.41) is 0. The molecule has 2 bridgehead atoms. The number of carbonyl (C=O) groups excluding carboxylic acids is 2. The lowest BCUT2D eigenvalue weighted by molar-refractivity contribution is -0.120. The predicted molar refractivity (Wildman–Crippen MR) is 86.1 cm³/mol. The Balaban J connectivity index is 1.70. The molecule has 0 radical (unpaired) electrons. The van der Waals surface area contributed by atoms with Crippen LogP contribution in [0, 0.1) is 23.6 Å². The monoisotopic (exact) mass is 318 g/mol. The van der Waals surface area contributed by atoms with Crippen LogP contribution in [0.25, 0.3) is 0 Å². The van der Waals surface area contributed by atoms with Gasteiger partial charge in [-0.05, 0) is 61.3 Å². The summed E-state index contributed by atoms with van der Waals surface area (Å²) in [5.41, 5.74) is 5.84. The van der Waals surface area contributed by atoms with E-state index in [0.29, 0.717) is 23.9 Å². The zero-order valence-electron chi connectivity index (χ0n) is 13.2. The van der Waals surface area contributed by atoms with Crippen LogP contribution in [-0.4, -0.2) is 18.4 Å². The average molecular weight is 318 g/mol. The lowest BCUT2D eigenvalue weighted by Gasteiger charge is -2.27. The van der Waals surface area contributed by atoms with Gasteiger partial charge in [-0.3, -0.25) is 9.59 Å². The molecule has 2 amide bonds. The van der Waals surface area contributed by atoms with E-state index in [0.717, 1.165) is 12.3 Å². The average Bonchev–Trinajstić information content (AvgIpc) is 3.11. The van der Waals surface area contributed by atoms with Gasteiger partial charge in [0.2, 0.25) is 11.8 Å². The van der Waals surface area contributed by atoms with Gasteiger partial charge in [0.15, 0.2) is 0 Å². The standard InChI is InChI=1S/C18H23FN2O2/c19-15-3-5-16(6-4-15)21(8-7-17(20)22)18(23)11-14-10-12-1-2-13(14)9-12/h3-6,12-14H,1-2,7-11H2,(H2,20,22). The molecule has 2 fully saturated rings. The maximum absolute atomic E-state index is 13.1. The van der Waals surface area contributed by atoms with Crippen LogP contribution >= 0.6 is 0 Å². The van der Waals surface area contributed by atoms with Crippen molar-refractivity contribution in [3.8, 4) is 0 Å². The van der Waals surface area contributed by atoms with Crippen LogP contribution in [0.1, 0.15) is 38.5 Å². The number of rotatable bonds is 6. The largest absolute Gasteiger partial charge is 0.370 e. The summed E-state index contributed by atoms with van der Waals surface area (Å²) >= 11 is 0. The van der Waals surface area contributed by atoms with Crippen LogP contribution in [-0.2, 0) is 9.59 Å². The minimum absolute atomic E-state index is 0.00964. The zero-order valence-corrected chi connectivity index (χ0v) is 13.2. The summed E-state index contributed by atoms with van der Waals surface area (Å²) in [4.78, 5) is 25.4. The van der Waals surface area contributed by atoms with Crippen molar-refractivity contribution in [1.29, 1.82) is 0 Å². The second-order valence-electron chi connectivity index (χ2n) is 6.88. The molecule has 2 aliphatic carbocycles. The first-order valence-corrected chi connectivity index (χ1v) is 8.37. The Morgan fingerprint density at radius 2 is 1.91 bits per heavy atom. The number of fused-ring (bicyclic) bond motifs is 2. The molecule has 0 heterocycles. The highest BCUT2D eigenvalue weighted by atomic mass is 19.1. The van der Waals surface area contributed by atoms with E-state index in [1.807, 2.05) is 0 Å². The van der Waals surface area contributed by atoms with Gasteiger partial charge < -0.3 is 10.6 Å². The number of nitrogens with two attached hydrogens (primary N) is 1. The van der Waals surface area contributed by atoms with Gasteiger partial charge in [0, 0.05) is 25.1 Å². The molecule has 0 aromatic heterocycles. The number of carbonyl (C=O) groups is 2. The Bertz CT molecular complexity index is 587. The smallest absolute Gasteiger partial charge is 0.227 e. The second-order valence-corrected chi connectivity index (χ2v) is 6.88. The molecule has 3 unspecified atom stereocenters. The van der Waals surface area contributed by atoms with E-state index in [2.05, 4.69) is 0 Å². The number of halogens is 1. The Morgan fingerprint density at radius 1 is 1.17 bits per heavy atom. The maximum atomic E-state index is 13.1. The summed E-state index contributed by atoms with van der Waals surface area (Å²) in [6.07, 6.45) is 5.57. The summed E-state index contributed by atoms with van der Waals surface area (Å²) in [5.74, 6) is 1.15. The van der Waals surface area contributed by atoms with Crippen LogP contribution in [0.5, 0.6) is 0 Å². The number of benzene rings is 1. The van der Waals surface area contributed by atoms with E-state index in [1.165, 1.54) is 31.4 Å². The Morgan fingerprint density at radius 3 is 2.48 bits per heavy atom. The van der Waals surface area contributed by atoms with Gasteiger partial charge in [0.1, 0.15) is 5.82 Å². The van der Waals surface area contributed by atoms with Crippen molar-refractivity contribution in [3.05, 3.63) is 30.1 Å². The fraction of sp³-hybridized carbons (Fsp3) is 0.556. The molecule has 4 nitrogen and oxygen atoms in total. The number of hydrogen-bond acceptors (Lipinski definition) is 2. The van der Waals surface area contributed by atoms with E-state index < -0.39 is 5.91 Å². The van der Waals surface area contributed by atoms with Gasteiger partial charge in [-0.1, -0.05) is 6.42 Å². The van der Waals surface area contributed by atoms with Crippen molar-refractivity contribution in [1.82, 2.24) is 0 Å². The minimum Gasteiger partial charge on any atom is -0.370 e. The molecule has 3 atom stereocenters. The SMILES string of the molecule is NC(=O)CCN(C(=O)CC1CC2CCC1C2)c1ccc(F)cc1. The molecule has 23 heavy (non-hydrogen) atoms. The molecular weight excluding hydrogens is 295 g/mol. The van der Waals surface area contributed by atoms with Gasteiger partial charge in [-0.25, -0.2) is 4.39 Å². The summed E-state index contributed by atoms with van der Waals surface area (Å²) in [7, 11) is 0. The lowest BCUT2D eigenvalue weighted by atomic mass is 9.86. The highest BCUT2D eigenvalue weighted by Gasteiger charge is 2.40. The predicted octanol–water partition coefficient (Wildman–Crippen LogP) is 2.86. The van der Waals surface area contributed by atoms with E-state index in [-0.39, 0.29) is 24.7 Å². The van der Waals surface area contributed by atoms with Gasteiger partial charge in [0.05, 0.1) is 0 Å². The first kappa shape index (κ1) is 16.0. The molecule has 0 saturated heterocycles. The van der Waals surface area contributed by atoms with Crippen molar-refractivity contribution in [2.24, 2.45) is 23.5 Å². The first-order chi connectivity index (χ1) is 11.0. The van der Waals surface area contributed by atoms with Crippen LogP contribution in [0.2, 0.25) is 0 Å². The van der Waals surface area contributed by atoms with Gasteiger partial charge in [-0.15, -0.1) is 0 Å². The Kier molecular flexibility index (Phi) is 4.64. The molecular formula is C18H23FN2O2. The number of nitrogens with zero attached hydrogens (tertiary/aromatic N) is 1. The fourth-order valence-electron chi connectivity index (χ4n) is 4.20. The van der Waals surface area contributed by atoms with Crippen LogP contribution in [0.4, 0.5) is 10.1 Å². The van der Waals surface area contributed by atoms with Crippen molar-refractivity contribution in [2.75, 3.05) is 11.4 Å². The molecule has 0 spiro atoms. The minimum atomic E-state index is -0.440. The highest BCUT2D eigenvalue weighted by molar-refractivity contribution is 5.94. The van der Waals surface area contributed by atoms with Crippen LogP contribution in [0.3, 0.4) is 0 Å². The van der Waals surface area contributed by atoms with Crippen molar-refractivity contribution >= 4 is 17.5 Å². The summed E-state index contributed by atoms with van der Waals surface area (Å²) in [6.45, 7) is 0.251. The summed E-state index contributed by atoms with van der Waals surface area (Å²) < 4.78 is 13.1. The van der Waals surface area contributed by atoms with Gasteiger partial charge in [-0.2, -0.15) is 0 Å². The van der Waals surface area contributed by atoms with Crippen LogP contribution in [0.15, 0.2) is 24.3 Å². The molecule has 1 aromatic carbocycles. The van der Waals surface area contributed by atoms with Crippen molar-refractivity contribution < 1.29 is 14.0 Å². The van der Waals surface area contributed by atoms with E-state index in [1.54, 1.807) is 17.0 Å². The number of anilines is 1. The third-order valence-electron chi connectivity index (χ3n) is 5.34. The molecule has 3 rings (SSSR count). The van der Waals surface area contributed by atoms with E-state index >= 15 is 0 Å². The third kappa shape index (κ3) is 3.71. The molecule has 2 N–H and O–H groups in total. The summed E-state index contributed by atoms with van der Waals surface area (Å²) in [6, 6.07) is 5.82. The molecule has 0 aliphatic heterocycles. The fourth-order valence-corrected chi connectivity index (χ4v) is 4.20. The number of primary amides is 1. The number of hydrogen-bond donors (Lipinski definition) is 1. The van der Waals surface area contributed by atoms with Crippen molar-refractivity contribution in [3.63, 3.8) is 0 Å². The van der Waals surface area contributed by atoms with Gasteiger partial charge in [0.25, 0.3) is 0 Å². The zero-order chi connectivity index (χ0) is 16.4. The highest BCUT2D eigenvalue weighted by Crippen LogP contribution is 2.49. The maximum Gasteiger partial charge on any atom is 0.227 e. The van der Waals surface area contributed by atoms with Crippen LogP contribution < -0.4 is 10.6 Å². The first-order valence-electron chi connectivity index (χ1n) is 8.37. The normalized spacial score (nSPS) is 25.5. The van der Waals surface area contributed by atoms with Crippen molar-refractivity contribution in [2.45, 2.75) is 38.5 Å². The third-order valence-corrected chi connectivity index (χ3v) is 5.34. The van der Waals surface area contributed by atoms with Gasteiger partial charge >= 0.3 is 0 Å². The topological polar surface area (TPSA) is 63.4 Å². The van der Waals surface area contributed by atoms with E-state index in [4.69, 9.17) is 5.73 Å². The van der Waals surface area contributed by atoms with E-state index in [9.17, 15) is 14.0 Å². The Labute approximate surface area is 135 Å². The number of amides is 2.